The van der Waals surface area contributed by atoms with E-state index in [9.17, 15) is 18.4 Å². The van der Waals surface area contributed by atoms with Gasteiger partial charge in [-0.15, -0.1) is 13.2 Å². The predicted octanol–water partition coefficient (Wildman–Crippen LogP) is 5.95. The molecule has 1 aromatic heterocycles. The van der Waals surface area contributed by atoms with E-state index in [1.807, 2.05) is 0 Å². The van der Waals surface area contributed by atoms with Crippen molar-refractivity contribution in [3.05, 3.63) is 41.6 Å². The second-order valence-corrected chi connectivity index (χ2v) is 12.0. The lowest BCUT2D eigenvalue weighted by molar-refractivity contribution is -0.274. The number of alkyl halides is 3. The molecular weight excluding hydrogens is 505 g/mol. The third-order valence-corrected chi connectivity index (χ3v) is 9.34. The fourth-order valence-corrected chi connectivity index (χ4v) is 8.20. The maximum absolute atomic E-state index is 12.8. The summed E-state index contributed by atoms with van der Waals surface area (Å²) in [5, 5.41) is 16.2. The van der Waals surface area contributed by atoms with Crippen molar-refractivity contribution in [2.24, 2.45) is 23.2 Å². The number of nitrogens with zero attached hydrogens (tertiary/aromatic N) is 4. The van der Waals surface area contributed by atoms with Gasteiger partial charge in [-0.05, 0) is 87.3 Å². The Morgan fingerprint density at radius 1 is 1.05 bits per heavy atom. The summed E-state index contributed by atoms with van der Waals surface area (Å²) in [6, 6.07) is 8.88. The summed E-state index contributed by atoms with van der Waals surface area (Å²) in [4.78, 5) is 11.6. The van der Waals surface area contributed by atoms with Crippen molar-refractivity contribution < 1.29 is 17.9 Å². The Morgan fingerprint density at radius 3 is 2.51 bits per heavy atom. The molecule has 5 atom stereocenters. The van der Waals surface area contributed by atoms with E-state index >= 15 is 0 Å². The van der Waals surface area contributed by atoms with Gasteiger partial charge < -0.3 is 15.4 Å². The van der Waals surface area contributed by atoms with E-state index in [0.717, 1.165) is 30.3 Å². The Labute approximate surface area is 227 Å². The molecule has 2 aromatic rings. The highest BCUT2D eigenvalue weighted by Gasteiger charge is 2.56. The summed E-state index contributed by atoms with van der Waals surface area (Å²) in [7, 11) is 0. The highest BCUT2D eigenvalue weighted by Crippen LogP contribution is 2.61. The minimum Gasteiger partial charge on any atom is -0.405 e. The van der Waals surface area contributed by atoms with Gasteiger partial charge in [0.25, 0.3) is 0 Å². The number of rotatable bonds is 8. The van der Waals surface area contributed by atoms with Crippen LogP contribution in [0.2, 0.25) is 0 Å². The maximum Gasteiger partial charge on any atom is 0.573 e. The Kier molecular flexibility index (Phi) is 7.04. The largest absolute Gasteiger partial charge is 0.573 e. The molecule has 5 aliphatic rings. The number of nitriles is 1. The molecule has 0 spiro atoms. The summed E-state index contributed by atoms with van der Waals surface area (Å²) in [6.07, 6.45) is 7.08. The standard InChI is InChI=1S/C29H35F3N6O/c30-29(31,32)39-24-7-3-2-6-20(24)16-34-27-35-17-23(15-33)26(37-27)36-18-28-12-19-10-21(13-28)25(22(11-19)14-28)38-8-4-1-5-9-38/h2-3,6-7,17,19,21-22,25H,1,4-5,8-14,16,18H2,(H2,34,35,36,37)/t19?,21-,22+,25?,28?. The Bertz CT molecular complexity index is 1210. The lowest BCUT2D eigenvalue weighted by Crippen LogP contribution is -2.61. The topological polar surface area (TPSA) is 86.1 Å². The molecule has 1 aromatic carbocycles. The van der Waals surface area contributed by atoms with Crippen LogP contribution in [0, 0.1) is 34.5 Å². The zero-order valence-electron chi connectivity index (χ0n) is 22.0. The van der Waals surface area contributed by atoms with E-state index in [0.29, 0.717) is 16.9 Å². The fraction of sp³-hybridized carbons (Fsp3) is 0.621. The molecule has 3 unspecified atom stereocenters. The highest BCUT2D eigenvalue weighted by molar-refractivity contribution is 5.53. The molecule has 5 fully saturated rings. The molecule has 10 heteroatoms. The molecule has 39 heavy (non-hydrogen) atoms. The first-order valence-corrected chi connectivity index (χ1v) is 14.1. The molecule has 2 heterocycles. The SMILES string of the molecule is N#Cc1cnc(NCc2ccccc2OC(F)(F)F)nc1NCC12CC3C[C@H](C1)C(N1CCCCC1)[C@@H](C3)C2. The quantitative estimate of drug-likeness (QED) is 0.428. The molecule has 0 radical (unpaired) electrons. The van der Waals surface area contributed by atoms with Gasteiger partial charge in [-0.2, -0.15) is 10.2 Å². The molecule has 7 rings (SSSR count). The van der Waals surface area contributed by atoms with E-state index in [1.165, 1.54) is 82.8 Å². The zero-order valence-corrected chi connectivity index (χ0v) is 22.0. The van der Waals surface area contributed by atoms with E-state index in [2.05, 4.69) is 36.3 Å². The summed E-state index contributed by atoms with van der Waals surface area (Å²) < 4.78 is 42.5. The second kappa shape index (κ2) is 10.5. The van der Waals surface area contributed by atoms with Gasteiger partial charge >= 0.3 is 6.36 Å². The van der Waals surface area contributed by atoms with Crippen LogP contribution in [-0.2, 0) is 6.54 Å². The molecule has 4 aliphatic carbocycles. The van der Waals surface area contributed by atoms with Crippen molar-refractivity contribution in [3.63, 3.8) is 0 Å². The lowest BCUT2D eigenvalue weighted by Gasteiger charge is -2.62. The van der Waals surface area contributed by atoms with E-state index in [1.54, 1.807) is 12.1 Å². The van der Waals surface area contributed by atoms with Crippen LogP contribution in [0.1, 0.15) is 62.5 Å². The number of piperidine rings is 1. The third-order valence-electron chi connectivity index (χ3n) is 9.34. The van der Waals surface area contributed by atoms with Crippen LogP contribution in [-0.4, -0.2) is 46.9 Å². The first-order chi connectivity index (χ1) is 18.8. The van der Waals surface area contributed by atoms with Crippen molar-refractivity contribution in [1.82, 2.24) is 14.9 Å². The summed E-state index contributed by atoms with van der Waals surface area (Å²) in [5.41, 5.74) is 0.911. The Hall–Kier alpha value is -3.06. The van der Waals surface area contributed by atoms with Crippen molar-refractivity contribution in [2.45, 2.75) is 70.3 Å². The van der Waals surface area contributed by atoms with Gasteiger partial charge in [0.05, 0.1) is 6.20 Å². The van der Waals surface area contributed by atoms with Crippen LogP contribution < -0.4 is 15.4 Å². The average Bonchev–Trinajstić information content (AvgIpc) is 2.91. The number of ether oxygens (including phenoxy) is 1. The Morgan fingerprint density at radius 2 is 1.79 bits per heavy atom. The van der Waals surface area contributed by atoms with E-state index in [4.69, 9.17) is 0 Å². The molecule has 1 aliphatic heterocycles. The van der Waals surface area contributed by atoms with Crippen LogP contribution in [0.25, 0.3) is 0 Å². The van der Waals surface area contributed by atoms with Gasteiger partial charge in [0.15, 0.2) is 0 Å². The van der Waals surface area contributed by atoms with Crippen LogP contribution >= 0.6 is 0 Å². The van der Waals surface area contributed by atoms with Crippen molar-refractivity contribution in [3.8, 4) is 11.8 Å². The number of halogens is 3. The zero-order chi connectivity index (χ0) is 27.0. The van der Waals surface area contributed by atoms with Gasteiger partial charge in [-0.3, -0.25) is 4.90 Å². The van der Waals surface area contributed by atoms with Gasteiger partial charge in [0, 0.05) is 24.7 Å². The molecule has 0 amide bonds. The molecule has 2 N–H and O–H groups in total. The molecule has 7 nitrogen and oxygen atoms in total. The number of benzene rings is 1. The van der Waals surface area contributed by atoms with E-state index in [-0.39, 0.29) is 23.7 Å². The van der Waals surface area contributed by atoms with Crippen molar-refractivity contribution in [2.75, 3.05) is 30.3 Å². The van der Waals surface area contributed by atoms with E-state index < -0.39 is 6.36 Å². The molecule has 4 bridgehead atoms. The highest BCUT2D eigenvalue weighted by atomic mass is 19.4. The molecule has 1 saturated heterocycles. The summed E-state index contributed by atoms with van der Waals surface area (Å²) in [5.74, 6) is 2.75. The van der Waals surface area contributed by atoms with Gasteiger partial charge in [-0.25, -0.2) is 4.98 Å². The predicted molar refractivity (Wildman–Crippen MR) is 141 cm³/mol. The number of anilines is 2. The monoisotopic (exact) mass is 540 g/mol. The maximum atomic E-state index is 12.8. The molecule has 4 saturated carbocycles. The number of hydrogen-bond donors (Lipinski definition) is 2. The lowest BCUT2D eigenvalue weighted by atomic mass is 9.47. The third kappa shape index (κ3) is 5.65. The average molecular weight is 541 g/mol. The van der Waals surface area contributed by atoms with Crippen molar-refractivity contribution in [1.29, 1.82) is 5.26 Å². The van der Waals surface area contributed by atoms with Crippen LogP contribution in [0.4, 0.5) is 24.9 Å². The van der Waals surface area contributed by atoms with Gasteiger partial charge in [0.1, 0.15) is 23.2 Å². The fourth-order valence-electron chi connectivity index (χ4n) is 8.20. The number of hydrogen-bond acceptors (Lipinski definition) is 7. The molecular formula is C29H35F3N6O. The number of nitrogens with one attached hydrogen (secondary N) is 2. The van der Waals surface area contributed by atoms with Crippen LogP contribution in [0.15, 0.2) is 30.5 Å². The minimum atomic E-state index is -4.77. The van der Waals surface area contributed by atoms with Crippen LogP contribution in [0.3, 0.4) is 0 Å². The normalized spacial score (nSPS) is 30.1. The van der Waals surface area contributed by atoms with Gasteiger partial charge in [-0.1, -0.05) is 24.6 Å². The smallest absolute Gasteiger partial charge is 0.405 e. The Balaban J connectivity index is 1.13. The van der Waals surface area contributed by atoms with Gasteiger partial charge in [0.2, 0.25) is 5.95 Å². The number of aromatic nitrogens is 2. The van der Waals surface area contributed by atoms with Crippen LogP contribution in [0.5, 0.6) is 5.75 Å². The second-order valence-electron chi connectivity index (χ2n) is 12.0. The first-order valence-electron chi connectivity index (χ1n) is 14.1. The number of likely N-dealkylation sites (tertiary alicyclic amines) is 1. The minimum absolute atomic E-state index is 0.0461. The van der Waals surface area contributed by atoms with Crippen molar-refractivity contribution >= 4 is 11.8 Å². The number of para-hydroxylation sites is 1. The first kappa shape index (κ1) is 26.2. The molecule has 208 valence electrons. The summed E-state index contributed by atoms with van der Waals surface area (Å²) >= 11 is 0. The summed E-state index contributed by atoms with van der Waals surface area (Å²) in [6.45, 7) is 3.33.